The number of nitrogens with zero attached hydrogens (tertiary/aromatic N) is 3. The predicted molar refractivity (Wildman–Crippen MR) is 52.7 cm³/mol. The number of hydrogen-bond acceptors (Lipinski definition) is 6. The van der Waals surface area contributed by atoms with E-state index in [9.17, 15) is 9.59 Å². The molecule has 0 unspecified atom stereocenters. The third-order valence-electron chi connectivity index (χ3n) is 1.73. The maximum Gasteiger partial charge on any atom is 0.325 e. The average molecular weight is 209 g/mol. The van der Waals surface area contributed by atoms with E-state index in [1.54, 1.807) is 7.05 Å². The fourth-order valence-corrected chi connectivity index (χ4v) is 0.918. The highest BCUT2D eigenvalue weighted by molar-refractivity contribution is 5.75. The lowest BCUT2D eigenvalue weighted by Gasteiger charge is -2.14. The summed E-state index contributed by atoms with van der Waals surface area (Å²) < 4.78 is 4.49. The number of likely N-dealkylation sites (N-methyl/N-ethyl adjacent to an activating group) is 1. The van der Waals surface area contributed by atoms with E-state index in [4.69, 9.17) is 0 Å². The van der Waals surface area contributed by atoms with Gasteiger partial charge in [-0.3, -0.25) is 9.59 Å². The van der Waals surface area contributed by atoms with Crippen LogP contribution in [0.2, 0.25) is 0 Å². The smallest absolute Gasteiger partial charge is 0.325 e. The Hall–Kier alpha value is -1.98. The van der Waals surface area contributed by atoms with E-state index in [0.717, 1.165) is 0 Å². The Labute approximate surface area is 86.9 Å². The van der Waals surface area contributed by atoms with Crippen molar-refractivity contribution in [2.24, 2.45) is 0 Å². The quantitative estimate of drug-likeness (QED) is 0.509. The topological polar surface area (TPSA) is 72.4 Å². The molecule has 6 heteroatoms. The van der Waals surface area contributed by atoms with Crippen LogP contribution in [0.15, 0.2) is 12.4 Å². The molecule has 0 aliphatic carbocycles. The van der Waals surface area contributed by atoms with Gasteiger partial charge in [0.1, 0.15) is 6.54 Å². The van der Waals surface area contributed by atoms with E-state index >= 15 is 0 Å². The van der Waals surface area contributed by atoms with E-state index in [0.29, 0.717) is 17.8 Å². The summed E-state index contributed by atoms with van der Waals surface area (Å²) in [6.45, 7) is 0.0664. The second-order valence-corrected chi connectivity index (χ2v) is 2.87. The molecule has 0 saturated heterocycles. The fourth-order valence-electron chi connectivity index (χ4n) is 0.918. The van der Waals surface area contributed by atoms with Crippen molar-refractivity contribution in [1.29, 1.82) is 0 Å². The molecule has 1 heterocycles. The number of ether oxygens (including phenoxy) is 1. The van der Waals surface area contributed by atoms with Crippen LogP contribution >= 0.6 is 0 Å². The van der Waals surface area contributed by atoms with Gasteiger partial charge in [0.15, 0.2) is 6.29 Å². The molecule has 1 aromatic rings. The number of aromatic nitrogens is 2. The van der Waals surface area contributed by atoms with Crippen molar-refractivity contribution in [3.05, 3.63) is 18.0 Å². The number of anilines is 1. The molecule has 0 amide bonds. The Morgan fingerprint density at radius 1 is 1.53 bits per heavy atom. The second-order valence-electron chi connectivity index (χ2n) is 2.87. The van der Waals surface area contributed by atoms with Gasteiger partial charge in [0.05, 0.1) is 12.7 Å². The van der Waals surface area contributed by atoms with Crippen LogP contribution < -0.4 is 4.90 Å². The first-order chi connectivity index (χ1) is 7.17. The first-order valence-corrected chi connectivity index (χ1v) is 4.22. The minimum atomic E-state index is -0.374. The molecule has 0 aliphatic rings. The van der Waals surface area contributed by atoms with Crippen molar-refractivity contribution in [3.63, 3.8) is 0 Å². The second kappa shape index (κ2) is 5.04. The molecule has 0 N–H and O–H groups in total. The van der Waals surface area contributed by atoms with Crippen molar-refractivity contribution in [1.82, 2.24) is 9.97 Å². The summed E-state index contributed by atoms with van der Waals surface area (Å²) in [5.41, 5.74) is 0.394. The van der Waals surface area contributed by atoms with Gasteiger partial charge in [-0.1, -0.05) is 0 Å². The molecule has 6 nitrogen and oxygen atoms in total. The summed E-state index contributed by atoms with van der Waals surface area (Å²) >= 11 is 0. The number of esters is 1. The Kier molecular flexibility index (Phi) is 3.73. The maximum absolute atomic E-state index is 10.9. The first-order valence-electron chi connectivity index (χ1n) is 4.22. The van der Waals surface area contributed by atoms with Crippen molar-refractivity contribution >= 4 is 18.2 Å². The lowest BCUT2D eigenvalue weighted by atomic mass is 10.4. The van der Waals surface area contributed by atoms with Crippen LogP contribution in [0.3, 0.4) is 0 Å². The molecule has 80 valence electrons. The Balaban J connectivity index is 2.69. The number of carbonyl (C=O) groups is 2. The number of carbonyl (C=O) groups excluding carboxylic acids is 2. The van der Waals surface area contributed by atoms with Crippen LogP contribution in [0.5, 0.6) is 0 Å². The summed E-state index contributed by atoms with van der Waals surface area (Å²) in [6, 6.07) is 0. The van der Waals surface area contributed by atoms with Crippen LogP contribution in [0.1, 0.15) is 10.4 Å². The van der Waals surface area contributed by atoms with E-state index < -0.39 is 0 Å². The Morgan fingerprint density at radius 3 is 2.60 bits per heavy atom. The lowest BCUT2D eigenvalue weighted by molar-refractivity contribution is -0.138. The third-order valence-corrected chi connectivity index (χ3v) is 1.73. The summed E-state index contributed by atoms with van der Waals surface area (Å²) in [5.74, 6) is -0.00781. The Bertz CT molecular complexity index is 350. The standard InChI is InChI=1S/C9H11N3O3/c1-12(5-8(14)15-2)9-10-3-7(6-13)4-11-9/h3-4,6H,5H2,1-2H3. The van der Waals surface area contributed by atoms with Crippen molar-refractivity contribution in [3.8, 4) is 0 Å². The van der Waals surface area contributed by atoms with Gasteiger partial charge in [-0.05, 0) is 0 Å². The van der Waals surface area contributed by atoms with Crippen LogP contribution in [0, 0.1) is 0 Å². The molecular weight excluding hydrogens is 198 g/mol. The van der Waals surface area contributed by atoms with E-state index in [1.807, 2.05) is 0 Å². The van der Waals surface area contributed by atoms with Crippen molar-refractivity contribution < 1.29 is 14.3 Å². The molecule has 0 fully saturated rings. The van der Waals surface area contributed by atoms with Crippen LogP contribution in [0.25, 0.3) is 0 Å². The largest absolute Gasteiger partial charge is 0.468 e. The van der Waals surface area contributed by atoms with Crippen molar-refractivity contribution in [2.75, 3.05) is 25.6 Å². The lowest BCUT2D eigenvalue weighted by Crippen LogP contribution is -2.27. The monoisotopic (exact) mass is 209 g/mol. The minimum Gasteiger partial charge on any atom is -0.468 e. The van der Waals surface area contributed by atoms with E-state index in [-0.39, 0.29) is 12.5 Å². The van der Waals surface area contributed by atoms with Crippen LogP contribution in [-0.2, 0) is 9.53 Å². The molecule has 0 spiro atoms. The van der Waals surface area contributed by atoms with Gasteiger partial charge in [0.2, 0.25) is 5.95 Å². The zero-order valence-electron chi connectivity index (χ0n) is 8.51. The molecule has 0 aliphatic heterocycles. The zero-order valence-corrected chi connectivity index (χ0v) is 8.51. The van der Waals surface area contributed by atoms with Gasteiger partial charge in [0.25, 0.3) is 0 Å². The van der Waals surface area contributed by atoms with Crippen LogP contribution in [0.4, 0.5) is 5.95 Å². The van der Waals surface area contributed by atoms with Gasteiger partial charge >= 0.3 is 5.97 Å². The third kappa shape index (κ3) is 3.01. The highest BCUT2D eigenvalue weighted by Crippen LogP contribution is 2.03. The average Bonchev–Trinajstić information content (AvgIpc) is 2.29. The molecule has 0 atom stereocenters. The summed E-state index contributed by atoms with van der Waals surface area (Å²) in [7, 11) is 2.97. The summed E-state index contributed by atoms with van der Waals surface area (Å²) in [5, 5.41) is 0. The van der Waals surface area contributed by atoms with Gasteiger partial charge in [-0.2, -0.15) is 0 Å². The normalized spacial score (nSPS) is 9.47. The molecule has 0 aromatic carbocycles. The zero-order chi connectivity index (χ0) is 11.3. The van der Waals surface area contributed by atoms with Gasteiger partial charge in [0, 0.05) is 19.4 Å². The maximum atomic E-state index is 10.9. The molecule has 1 rings (SSSR count). The molecule has 0 radical (unpaired) electrons. The van der Waals surface area contributed by atoms with E-state index in [2.05, 4.69) is 14.7 Å². The molecule has 15 heavy (non-hydrogen) atoms. The van der Waals surface area contributed by atoms with Crippen LogP contribution in [-0.4, -0.2) is 42.9 Å². The summed E-state index contributed by atoms with van der Waals surface area (Å²) in [4.78, 5) is 30.6. The highest BCUT2D eigenvalue weighted by atomic mass is 16.5. The number of hydrogen-bond donors (Lipinski definition) is 0. The van der Waals surface area contributed by atoms with Gasteiger partial charge < -0.3 is 9.64 Å². The SMILES string of the molecule is COC(=O)CN(C)c1ncc(C=O)cn1. The highest BCUT2D eigenvalue weighted by Gasteiger charge is 2.09. The summed E-state index contributed by atoms with van der Waals surface area (Å²) in [6.07, 6.45) is 3.44. The molecular formula is C9H11N3O3. The molecule has 0 saturated carbocycles. The predicted octanol–water partition coefficient (Wildman–Crippen LogP) is -0.102. The minimum absolute atomic E-state index is 0.0664. The molecule has 0 bridgehead atoms. The van der Waals surface area contributed by atoms with Gasteiger partial charge in [-0.25, -0.2) is 9.97 Å². The number of rotatable bonds is 4. The van der Waals surface area contributed by atoms with Gasteiger partial charge in [-0.15, -0.1) is 0 Å². The van der Waals surface area contributed by atoms with Crippen molar-refractivity contribution in [2.45, 2.75) is 0 Å². The van der Waals surface area contributed by atoms with E-state index in [1.165, 1.54) is 24.4 Å². The molecule has 1 aromatic heterocycles. The Morgan fingerprint density at radius 2 is 2.13 bits per heavy atom. The first kappa shape index (κ1) is 11.1. The number of methoxy groups -OCH3 is 1. The fraction of sp³-hybridized carbons (Fsp3) is 0.333. The number of aldehydes is 1.